The molecule has 1 N–H and O–H groups in total. The van der Waals surface area contributed by atoms with E-state index in [1.165, 1.54) is 30.4 Å². The van der Waals surface area contributed by atoms with Gasteiger partial charge in [0.1, 0.15) is 0 Å². The minimum atomic E-state index is -0.614. The average Bonchev–Trinajstić information content (AvgIpc) is 2.76. The molecule has 1 aliphatic heterocycles. The lowest BCUT2D eigenvalue weighted by atomic mass is 9.66. The Morgan fingerprint density at radius 3 is 2.03 bits per heavy atom. The third-order valence-corrected chi connectivity index (χ3v) is 6.96. The van der Waals surface area contributed by atoms with E-state index in [9.17, 15) is 5.11 Å². The summed E-state index contributed by atoms with van der Waals surface area (Å²) in [5.74, 6) is 0.271. The highest BCUT2D eigenvalue weighted by molar-refractivity contribution is 5.27. The number of piperidine rings is 1. The Bertz CT molecular complexity index is 716. The van der Waals surface area contributed by atoms with Gasteiger partial charge in [0.2, 0.25) is 0 Å². The largest absolute Gasteiger partial charge is 0.389 e. The van der Waals surface area contributed by atoms with Crippen LogP contribution >= 0.6 is 0 Å². The van der Waals surface area contributed by atoms with Crippen LogP contribution < -0.4 is 0 Å². The summed E-state index contributed by atoms with van der Waals surface area (Å²) >= 11 is 0. The van der Waals surface area contributed by atoms with Crippen LogP contribution in [0.1, 0.15) is 88.4 Å². The van der Waals surface area contributed by atoms with Crippen molar-refractivity contribution < 1.29 is 5.11 Å². The molecule has 0 unspecified atom stereocenters. The first kappa shape index (κ1) is 22.1. The maximum atomic E-state index is 12.1. The zero-order chi connectivity index (χ0) is 20.7. The lowest BCUT2D eigenvalue weighted by Crippen LogP contribution is -2.53. The lowest BCUT2D eigenvalue weighted by molar-refractivity contribution is -0.129. The second-order valence-electron chi connectivity index (χ2n) is 8.96. The van der Waals surface area contributed by atoms with E-state index in [0.717, 1.165) is 32.1 Å². The molecule has 4 atom stereocenters. The van der Waals surface area contributed by atoms with E-state index >= 15 is 0 Å². The van der Waals surface area contributed by atoms with E-state index in [4.69, 9.17) is 0 Å². The van der Waals surface area contributed by atoms with Crippen LogP contribution in [0, 0.1) is 5.92 Å². The van der Waals surface area contributed by atoms with Crippen LogP contribution in [0.15, 0.2) is 60.7 Å². The maximum absolute atomic E-state index is 12.1. The van der Waals surface area contributed by atoms with Crippen LogP contribution in [-0.4, -0.2) is 22.7 Å². The van der Waals surface area contributed by atoms with Gasteiger partial charge >= 0.3 is 0 Å². The van der Waals surface area contributed by atoms with Gasteiger partial charge in [-0.1, -0.05) is 107 Å². The molecular weight excluding hydrogens is 354 g/mol. The van der Waals surface area contributed by atoms with Crippen molar-refractivity contribution in [2.75, 3.05) is 7.05 Å². The Labute approximate surface area is 178 Å². The van der Waals surface area contributed by atoms with Crippen LogP contribution in [0.5, 0.6) is 0 Å². The Morgan fingerprint density at radius 1 is 0.862 bits per heavy atom. The molecule has 0 spiro atoms. The zero-order valence-electron chi connectivity index (χ0n) is 18.6. The molecule has 0 saturated carbocycles. The molecule has 2 aromatic rings. The number of likely N-dealkylation sites (tertiary alicyclic amines) is 1. The summed E-state index contributed by atoms with van der Waals surface area (Å²) in [6.45, 7) is 4.49. The normalized spacial score (nSPS) is 27.8. The van der Waals surface area contributed by atoms with Crippen molar-refractivity contribution in [3.63, 3.8) is 0 Å². The van der Waals surface area contributed by atoms with Crippen LogP contribution in [0.25, 0.3) is 0 Å². The zero-order valence-corrected chi connectivity index (χ0v) is 18.6. The van der Waals surface area contributed by atoms with Crippen molar-refractivity contribution in [2.45, 2.75) is 82.9 Å². The SMILES string of the molecule is CCCCC[C@@H]1[C@H](c2ccccc2)N(C)[C@H](c2ccccc2)C[C@@]1(O)CCCC. The first-order valence-corrected chi connectivity index (χ1v) is 11.6. The molecule has 0 aromatic heterocycles. The van der Waals surface area contributed by atoms with E-state index in [1.54, 1.807) is 0 Å². The van der Waals surface area contributed by atoms with Gasteiger partial charge in [-0.05, 0) is 37.4 Å². The van der Waals surface area contributed by atoms with E-state index < -0.39 is 5.60 Å². The van der Waals surface area contributed by atoms with Crippen molar-refractivity contribution in [2.24, 2.45) is 5.92 Å². The summed E-state index contributed by atoms with van der Waals surface area (Å²) in [5.41, 5.74) is 2.04. The highest BCUT2D eigenvalue weighted by Crippen LogP contribution is 2.52. The lowest BCUT2D eigenvalue weighted by Gasteiger charge is -2.54. The average molecular weight is 394 g/mol. The molecule has 1 heterocycles. The third kappa shape index (κ3) is 5.10. The summed E-state index contributed by atoms with van der Waals surface area (Å²) in [5, 5.41) is 12.1. The second-order valence-corrected chi connectivity index (χ2v) is 8.96. The van der Waals surface area contributed by atoms with Crippen LogP contribution in [-0.2, 0) is 0 Å². The van der Waals surface area contributed by atoms with Gasteiger partial charge < -0.3 is 5.11 Å². The van der Waals surface area contributed by atoms with Gasteiger partial charge in [0, 0.05) is 18.0 Å². The summed E-state index contributed by atoms with van der Waals surface area (Å²) in [7, 11) is 2.27. The van der Waals surface area contributed by atoms with E-state index in [-0.39, 0.29) is 18.0 Å². The number of hydrogen-bond acceptors (Lipinski definition) is 2. The molecule has 2 aromatic carbocycles. The summed E-state index contributed by atoms with van der Waals surface area (Å²) in [6.07, 6.45) is 8.71. The van der Waals surface area contributed by atoms with Gasteiger partial charge in [-0.2, -0.15) is 0 Å². The van der Waals surface area contributed by atoms with Crippen molar-refractivity contribution in [1.82, 2.24) is 4.90 Å². The van der Waals surface area contributed by atoms with Crippen molar-refractivity contribution in [3.05, 3.63) is 71.8 Å². The molecule has 2 heteroatoms. The third-order valence-electron chi connectivity index (χ3n) is 6.96. The number of hydrogen-bond donors (Lipinski definition) is 1. The molecule has 1 fully saturated rings. The van der Waals surface area contributed by atoms with Gasteiger partial charge in [0.15, 0.2) is 0 Å². The molecule has 29 heavy (non-hydrogen) atoms. The fourth-order valence-corrected chi connectivity index (χ4v) is 5.36. The van der Waals surface area contributed by atoms with Crippen LogP contribution in [0.4, 0.5) is 0 Å². The van der Waals surface area contributed by atoms with Gasteiger partial charge in [0.05, 0.1) is 5.60 Å². The molecule has 0 aliphatic carbocycles. The molecular formula is C27H39NO. The first-order chi connectivity index (χ1) is 14.1. The highest BCUT2D eigenvalue weighted by Gasteiger charge is 2.50. The van der Waals surface area contributed by atoms with Gasteiger partial charge in [-0.15, -0.1) is 0 Å². The smallest absolute Gasteiger partial charge is 0.0712 e. The fraction of sp³-hybridized carbons (Fsp3) is 0.556. The van der Waals surface area contributed by atoms with E-state index in [0.29, 0.717) is 0 Å². The number of benzene rings is 2. The maximum Gasteiger partial charge on any atom is 0.0712 e. The Morgan fingerprint density at radius 2 is 1.45 bits per heavy atom. The fourth-order valence-electron chi connectivity index (χ4n) is 5.36. The van der Waals surface area contributed by atoms with Crippen molar-refractivity contribution in [3.8, 4) is 0 Å². The Hall–Kier alpha value is -1.64. The standard InChI is InChI=1S/C27H39NO/c1-4-6-10-19-24-26(23-17-13-9-14-18-23)28(3)25(22-15-11-8-12-16-22)21-27(24,29)20-7-5-2/h8-9,11-18,24-26,29H,4-7,10,19-21H2,1-3H3/t24-,25+,26+,27+/m1/s1. The molecule has 0 amide bonds. The molecule has 3 rings (SSSR count). The van der Waals surface area contributed by atoms with Crippen LogP contribution in [0.3, 0.4) is 0 Å². The first-order valence-electron chi connectivity index (χ1n) is 11.6. The molecule has 2 nitrogen and oxygen atoms in total. The van der Waals surface area contributed by atoms with E-state index in [2.05, 4.69) is 86.5 Å². The Balaban J connectivity index is 2.02. The van der Waals surface area contributed by atoms with Crippen molar-refractivity contribution >= 4 is 0 Å². The second kappa shape index (κ2) is 10.4. The minimum Gasteiger partial charge on any atom is -0.389 e. The van der Waals surface area contributed by atoms with Crippen LogP contribution in [0.2, 0.25) is 0 Å². The molecule has 1 saturated heterocycles. The minimum absolute atomic E-state index is 0.241. The quantitative estimate of drug-likeness (QED) is 0.467. The predicted octanol–water partition coefficient (Wildman–Crippen LogP) is 6.92. The summed E-state index contributed by atoms with van der Waals surface area (Å²) in [4.78, 5) is 2.54. The van der Waals surface area contributed by atoms with Gasteiger partial charge in [-0.25, -0.2) is 0 Å². The number of nitrogens with zero attached hydrogens (tertiary/aromatic N) is 1. The number of rotatable bonds is 9. The molecule has 1 aliphatic rings. The molecule has 0 bridgehead atoms. The molecule has 0 radical (unpaired) electrons. The Kier molecular flexibility index (Phi) is 7.91. The van der Waals surface area contributed by atoms with Crippen molar-refractivity contribution in [1.29, 1.82) is 0 Å². The van der Waals surface area contributed by atoms with Gasteiger partial charge in [0.25, 0.3) is 0 Å². The summed E-state index contributed by atoms with van der Waals surface area (Å²) in [6, 6.07) is 22.1. The number of unbranched alkanes of at least 4 members (excludes halogenated alkanes) is 3. The van der Waals surface area contributed by atoms with E-state index in [1.807, 2.05) is 0 Å². The predicted molar refractivity (Wildman–Crippen MR) is 123 cm³/mol. The number of aliphatic hydroxyl groups is 1. The highest BCUT2D eigenvalue weighted by atomic mass is 16.3. The summed E-state index contributed by atoms with van der Waals surface area (Å²) < 4.78 is 0. The molecule has 158 valence electrons. The monoisotopic (exact) mass is 393 g/mol. The topological polar surface area (TPSA) is 23.5 Å². The van der Waals surface area contributed by atoms with Gasteiger partial charge in [-0.3, -0.25) is 4.90 Å².